The zero-order valence-corrected chi connectivity index (χ0v) is 20.6. The first-order chi connectivity index (χ1) is 16.2. The van der Waals surface area contributed by atoms with E-state index in [1.165, 1.54) is 0 Å². The highest BCUT2D eigenvalue weighted by Crippen LogP contribution is 2.33. The first-order valence-electron chi connectivity index (χ1n) is 11.5. The van der Waals surface area contributed by atoms with E-state index < -0.39 is 6.04 Å². The summed E-state index contributed by atoms with van der Waals surface area (Å²) in [5.74, 6) is 0.789. The quantitative estimate of drug-likeness (QED) is 0.429. The van der Waals surface area contributed by atoms with Crippen LogP contribution in [0.5, 0.6) is 0 Å². The van der Waals surface area contributed by atoms with Gasteiger partial charge in [0.25, 0.3) is 0 Å². The van der Waals surface area contributed by atoms with Crippen LogP contribution in [0.1, 0.15) is 39.6 Å². The van der Waals surface area contributed by atoms with Crippen LogP contribution < -0.4 is 5.32 Å². The van der Waals surface area contributed by atoms with Gasteiger partial charge in [0.1, 0.15) is 11.9 Å². The van der Waals surface area contributed by atoms with Crippen molar-refractivity contribution in [3.63, 3.8) is 0 Å². The number of halogens is 1. The van der Waals surface area contributed by atoms with E-state index in [2.05, 4.69) is 43.6 Å². The van der Waals surface area contributed by atoms with E-state index in [1.54, 1.807) is 18.5 Å². The second-order valence-electron chi connectivity index (χ2n) is 9.75. The Hall–Kier alpha value is -2.94. The van der Waals surface area contributed by atoms with Crippen LogP contribution in [0.15, 0.2) is 43.0 Å². The number of morpholine rings is 1. The number of carbonyl (C=O) groups excluding carboxylic acids is 1. The Labute approximate surface area is 203 Å². The monoisotopic (exact) mass is 480 g/mol. The van der Waals surface area contributed by atoms with Gasteiger partial charge in [0.15, 0.2) is 0 Å². The molecule has 1 aliphatic heterocycles. The highest BCUT2D eigenvalue weighted by Gasteiger charge is 2.38. The average Bonchev–Trinajstić information content (AvgIpc) is 3.38. The first-order valence-corrected chi connectivity index (χ1v) is 11.9. The number of benzene rings is 1. The Morgan fingerprint density at radius 2 is 2.15 bits per heavy atom. The second kappa shape index (κ2) is 8.69. The second-order valence-corrected chi connectivity index (χ2v) is 10.2. The third-order valence-corrected chi connectivity index (χ3v) is 6.56. The summed E-state index contributed by atoms with van der Waals surface area (Å²) in [6.07, 6.45) is 7.30. The number of aromatic amines is 1. The van der Waals surface area contributed by atoms with Crippen LogP contribution in [0, 0.1) is 0 Å². The molecule has 0 radical (unpaired) electrons. The molecule has 9 heteroatoms. The van der Waals surface area contributed by atoms with Crippen LogP contribution in [0.25, 0.3) is 21.8 Å². The molecule has 4 aromatic rings. The summed E-state index contributed by atoms with van der Waals surface area (Å²) in [6.45, 7) is 9.79. The van der Waals surface area contributed by atoms with E-state index in [-0.39, 0.29) is 17.6 Å². The van der Waals surface area contributed by atoms with Gasteiger partial charge in [0.2, 0.25) is 5.91 Å². The molecule has 8 nitrogen and oxygen atoms in total. The number of fused-ring (bicyclic) bond motifs is 3. The molecule has 1 aromatic carbocycles. The van der Waals surface area contributed by atoms with Crippen LogP contribution in [-0.4, -0.2) is 55.1 Å². The number of rotatable bonds is 5. The minimum atomic E-state index is -0.467. The summed E-state index contributed by atoms with van der Waals surface area (Å²) in [5.41, 5.74) is 1.98. The normalized spacial score (nSPS) is 18.7. The van der Waals surface area contributed by atoms with Gasteiger partial charge >= 0.3 is 0 Å². The molecule has 0 aliphatic carbocycles. The smallest absolute Gasteiger partial charge is 0.244 e. The Bertz CT molecular complexity index is 1360. The number of anilines is 1. The molecular formula is C25H29ClN6O2. The van der Waals surface area contributed by atoms with Crippen LogP contribution >= 0.6 is 11.6 Å². The summed E-state index contributed by atoms with van der Waals surface area (Å²) in [4.78, 5) is 27.8. The van der Waals surface area contributed by atoms with Gasteiger partial charge in [-0.2, -0.15) is 0 Å². The van der Waals surface area contributed by atoms with Crippen molar-refractivity contribution < 1.29 is 9.53 Å². The molecule has 0 unspecified atom stereocenters. The lowest BCUT2D eigenvalue weighted by atomic mass is 10.0. The molecule has 3 aromatic heterocycles. The van der Waals surface area contributed by atoms with Crippen molar-refractivity contribution in [2.45, 2.75) is 51.9 Å². The lowest BCUT2D eigenvalue weighted by Crippen LogP contribution is -2.57. The van der Waals surface area contributed by atoms with Crippen LogP contribution in [-0.2, 0) is 16.1 Å². The number of H-pyrrole nitrogens is 1. The third-order valence-electron chi connectivity index (χ3n) is 6.34. The van der Waals surface area contributed by atoms with Crippen molar-refractivity contribution in [2.24, 2.45) is 0 Å². The van der Waals surface area contributed by atoms with Gasteiger partial charge < -0.3 is 19.6 Å². The van der Waals surface area contributed by atoms with Crippen LogP contribution in [0.2, 0.25) is 5.02 Å². The topological polar surface area (TPSA) is 88.1 Å². The van der Waals surface area contributed by atoms with E-state index in [0.29, 0.717) is 30.4 Å². The summed E-state index contributed by atoms with van der Waals surface area (Å²) in [7, 11) is 0. The minimum absolute atomic E-state index is 0.140. The van der Waals surface area contributed by atoms with Crippen molar-refractivity contribution in [2.75, 3.05) is 18.5 Å². The maximum Gasteiger partial charge on any atom is 0.244 e. The predicted molar refractivity (Wildman–Crippen MR) is 134 cm³/mol. The Morgan fingerprint density at radius 3 is 2.94 bits per heavy atom. The summed E-state index contributed by atoms with van der Waals surface area (Å²) >= 11 is 6.43. The van der Waals surface area contributed by atoms with E-state index >= 15 is 0 Å². The van der Waals surface area contributed by atoms with Crippen LogP contribution in [0.4, 0.5) is 5.69 Å². The van der Waals surface area contributed by atoms with Gasteiger partial charge in [-0.3, -0.25) is 14.7 Å². The minimum Gasteiger partial charge on any atom is -0.372 e. The Kier molecular flexibility index (Phi) is 5.83. The molecule has 1 fully saturated rings. The number of nitrogens with one attached hydrogen (secondary N) is 2. The molecule has 1 amide bonds. The predicted octanol–water partition coefficient (Wildman–Crippen LogP) is 4.77. The number of hydrogen-bond donors (Lipinski definition) is 2. The molecule has 0 saturated carbocycles. The number of carbonyl (C=O) groups is 1. The average molecular weight is 481 g/mol. The molecule has 0 bridgehead atoms. The summed E-state index contributed by atoms with van der Waals surface area (Å²) < 4.78 is 8.19. The fourth-order valence-electron chi connectivity index (χ4n) is 4.71. The molecule has 1 atom stereocenters. The molecule has 2 N–H and O–H groups in total. The molecule has 1 saturated heterocycles. The van der Waals surface area contributed by atoms with E-state index in [9.17, 15) is 4.79 Å². The SMILES string of the molecule is CC(C)n1ccnc1CN1CC(C)(C)OC[C@H]1C(=O)Nc1cc(Cl)cc2c1[nH]c1cnccc12. The molecular weight excluding hydrogens is 452 g/mol. The number of ether oxygens (including phenoxy) is 1. The number of imidazole rings is 1. The van der Waals surface area contributed by atoms with E-state index in [4.69, 9.17) is 16.3 Å². The first kappa shape index (κ1) is 22.8. The molecule has 1 aliphatic rings. The lowest BCUT2D eigenvalue weighted by molar-refractivity contribution is -0.144. The largest absolute Gasteiger partial charge is 0.372 e. The van der Waals surface area contributed by atoms with Gasteiger partial charge in [0.05, 0.1) is 41.7 Å². The number of hydrogen-bond acceptors (Lipinski definition) is 5. The summed E-state index contributed by atoms with van der Waals surface area (Å²) in [5, 5.41) is 5.61. The van der Waals surface area contributed by atoms with Gasteiger partial charge in [-0.1, -0.05) is 11.6 Å². The standard InChI is InChI=1S/C25H29ClN6O2/c1-15(2)32-8-7-28-22(32)12-31-14-25(3,4)34-13-21(31)24(33)30-19-10-16(26)9-18-17-5-6-27-11-20(17)29-23(18)19/h5-11,15,21,29H,12-14H2,1-4H3,(H,30,33)/t21-/m0/s1. The molecule has 178 valence electrons. The van der Waals surface area contributed by atoms with Gasteiger partial charge in [-0.25, -0.2) is 4.98 Å². The van der Waals surface area contributed by atoms with Gasteiger partial charge in [-0.15, -0.1) is 0 Å². The van der Waals surface area contributed by atoms with Crippen molar-refractivity contribution >= 4 is 45.0 Å². The lowest BCUT2D eigenvalue weighted by Gasteiger charge is -2.42. The molecule has 0 spiro atoms. The fourth-order valence-corrected chi connectivity index (χ4v) is 4.93. The van der Waals surface area contributed by atoms with E-state index in [1.807, 2.05) is 38.4 Å². The number of nitrogens with zero attached hydrogens (tertiary/aromatic N) is 4. The maximum absolute atomic E-state index is 13.6. The molecule has 5 rings (SSSR count). The Balaban J connectivity index is 1.46. The highest BCUT2D eigenvalue weighted by molar-refractivity contribution is 6.33. The third kappa shape index (κ3) is 4.29. The number of pyridine rings is 1. The molecule has 4 heterocycles. The summed E-state index contributed by atoms with van der Waals surface area (Å²) in [6, 6.07) is 5.43. The highest BCUT2D eigenvalue weighted by atomic mass is 35.5. The van der Waals surface area contributed by atoms with E-state index in [0.717, 1.165) is 27.6 Å². The molecule has 34 heavy (non-hydrogen) atoms. The van der Waals surface area contributed by atoms with Crippen LogP contribution in [0.3, 0.4) is 0 Å². The zero-order chi connectivity index (χ0) is 24.0. The number of amides is 1. The van der Waals surface area contributed by atoms with Crippen molar-refractivity contribution in [1.29, 1.82) is 0 Å². The fraction of sp³-hybridized carbons (Fsp3) is 0.400. The number of aromatic nitrogens is 4. The van der Waals surface area contributed by atoms with Gasteiger partial charge in [-0.05, 0) is 45.9 Å². The Morgan fingerprint density at radius 1 is 1.32 bits per heavy atom. The van der Waals surface area contributed by atoms with Gasteiger partial charge in [0, 0.05) is 47.0 Å². The maximum atomic E-state index is 13.6. The van der Waals surface area contributed by atoms with Crippen molar-refractivity contribution in [3.8, 4) is 0 Å². The van der Waals surface area contributed by atoms with Crippen molar-refractivity contribution in [3.05, 3.63) is 53.8 Å². The van der Waals surface area contributed by atoms with Crippen molar-refractivity contribution in [1.82, 2.24) is 24.4 Å². The zero-order valence-electron chi connectivity index (χ0n) is 19.8.